The Kier molecular flexibility index (Phi) is 3.51. The van der Waals surface area contributed by atoms with Crippen molar-refractivity contribution in [1.82, 2.24) is 4.90 Å². The van der Waals surface area contributed by atoms with Crippen LogP contribution in [-0.4, -0.2) is 11.4 Å². The maximum atomic E-state index is 13.9. The first-order chi connectivity index (χ1) is 9.70. The van der Waals surface area contributed by atoms with Crippen LogP contribution in [0, 0.1) is 11.6 Å². The van der Waals surface area contributed by atoms with E-state index in [1.54, 1.807) is 24.3 Å². The third-order valence-corrected chi connectivity index (χ3v) is 3.87. The fourth-order valence-electron chi connectivity index (χ4n) is 2.85. The van der Waals surface area contributed by atoms with Gasteiger partial charge in [0.2, 0.25) is 0 Å². The molecule has 0 bridgehead atoms. The normalized spacial score (nSPS) is 18.2. The first-order valence-electron chi connectivity index (χ1n) is 6.65. The van der Waals surface area contributed by atoms with Gasteiger partial charge in [-0.15, -0.1) is 0 Å². The summed E-state index contributed by atoms with van der Waals surface area (Å²) in [6.45, 7) is 1.30. The second kappa shape index (κ2) is 5.31. The van der Waals surface area contributed by atoms with E-state index in [1.807, 2.05) is 11.0 Å². The molecule has 0 amide bonds. The Morgan fingerprint density at radius 1 is 1.05 bits per heavy atom. The van der Waals surface area contributed by atoms with E-state index in [1.165, 1.54) is 12.1 Å². The van der Waals surface area contributed by atoms with Crippen LogP contribution in [0.15, 0.2) is 42.5 Å². The molecule has 1 aliphatic heterocycles. The Balaban J connectivity index is 1.90. The number of fused-ring (bicyclic) bond motifs is 1. The van der Waals surface area contributed by atoms with Gasteiger partial charge in [0, 0.05) is 36.8 Å². The third kappa shape index (κ3) is 2.21. The molecule has 2 nitrogen and oxygen atoms in total. The van der Waals surface area contributed by atoms with E-state index in [9.17, 15) is 8.78 Å². The third-order valence-electron chi connectivity index (χ3n) is 3.87. The molecule has 1 heterocycles. The summed E-state index contributed by atoms with van der Waals surface area (Å²) in [6, 6.07) is 11.7. The SMILES string of the molecule is NCC1c2cccc(F)c2CN1Cc1ccccc1F. The van der Waals surface area contributed by atoms with E-state index >= 15 is 0 Å². The molecule has 0 radical (unpaired) electrons. The van der Waals surface area contributed by atoms with Crippen molar-refractivity contribution >= 4 is 0 Å². The van der Waals surface area contributed by atoms with Crippen molar-refractivity contribution in [3.05, 3.63) is 70.8 Å². The number of nitrogens with zero attached hydrogens (tertiary/aromatic N) is 1. The van der Waals surface area contributed by atoms with E-state index in [4.69, 9.17) is 5.73 Å². The van der Waals surface area contributed by atoms with Gasteiger partial charge in [-0.2, -0.15) is 0 Å². The molecule has 104 valence electrons. The van der Waals surface area contributed by atoms with Gasteiger partial charge in [-0.25, -0.2) is 8.78 Å². The highest BCUT2D eigenvalue weighted by Crippen LogP contribution is 2.35. The summed E-state index contributed by atoms with van der Waals surface area (Å²) < 4.78 is 27.6. The molecule has 0 saturated heterocycles. The standard InChI is InChI=1S/C16H16F2N2/c17-14-6-2-1-4-11(14)9-20-10-13-12(16(20)8-19)5-3-7-15(13)18/h1-7,16H,8-10,19H2. The highest BCUT2D eigenvalue weighted by molar-refractivity contribution is 5.36. The molecule has 4 heteroatoms. The molecule has 0 fully saturated rings. The summed E-state index contributed by atoms with van der Waals surface area (Å²) in [5.41, 5.74) is 8.03. The van der Waals surface area contributed by atoms with Crippen LogP contribution in [0.25, 0.3) is 0 Å². The molecule has 2 aromatic carbocycles. The number of benzene rings is 2. The lowest BCUT2D eigenvalue weighted by atomic mass is 10.0. The largest absolute Gasteiger partial charge is 0.329 e. The van der Waals surface area contributed by atoms with Crippen LogP contribution in [0.5, 0.6) is 0 Å². The van der Waals surface area contributed by atoms with Gasteiger partial charge in [0.25, 0.3) is 0 Å². The molecule has 0 saturated carbocycles. The van der Waals surface area contributed by atoms with E-state index in [2.05, 4.69) is 0 Å². The number of halogens is 2. The van der Waals surface area contributed by atoms with Gasteiger partial charge >= 0.3 is 0 Å². The molecule has 0 aromatic heterocycles. The fourth-order valence-corrected chi connectivity index (χ4v) is 2.85. The maximum Gasteiger partial charge on any atom is 0.128 e. The lowest BCUT2D eigenvalue weighted by Gasteiger charge is -2.24. The van der Waals surface area contributed by atoms with Crippen LogP contribution < -0.4 is 5.73 Å². The summed E-state index contributed by atoms with van der Waals surface area (Å²) in [4.78, 5) is 2.02. The summed E-state index contributed by atoms with van der Waals surface area (Å²) in [5, 5.41) is 0. The summed E-state index contributed by atoms with van der Waals surface area (Å²) in [5.74, 6) is -0.448. The smallest absolute Gasteiger partial charge is 0.128 e. The number of rotatable bonds is 3. The summed E-state index contributed by atoms with van der Waals surface area (Å²) >= 11 is 0. The van der Waals surface area contributed by atoms with Crippen molar-refractivity contribution in [3.8, 4) is 0 Å². The fraction of sp³-hybridized carbons (Fsp3) is 0.250. The van der Waals surface area contributed by atoms with Gasteiger partial charge in [-0.3, -0.25) is 4.90 Å². The molecule has 1 aliphatic rings. The molecular formula is C16H16F2N2. The molecular weight excluding hydrogens is 258 g/mol. The van der Waals surface area contributed by atoms with Crippen LogP contribution in [0.3, 0.4) is 0 Å². The van der Waals surface area contributed by atoms with Gasteiger partial charge < -0.3 is 5.73 Å². The van der Waals surface area contributed by atoms with Crippen LogP contribution in [0.4, 0.5) is 8.78 Å². The van der Waals surface area contributed by atoms with E-state index < -0.39 is 0 Å². The molecule has 0 spiro atoms. The average Bonchev–Trinajstić information content (AvgIpc) is 2.80. The molecule has 1 atom stereocenters. The molecule has 3 rings (SSSR count). The van der Waals surface area contributed by atoms with Crippen molar-refractivity contribution in [3.63, 3.8) is 0 Å². The van der Waals surface area contributed by atoms with Crippen LogP contribution >= 0.6 is 0 Å². The zero-order valence-corrected chi connectivity index (χ0v) is 11.0. The van der Waals surface area contributed by atoms with Crippen LogP contribution in [0.2, 0.25) is 0 Å². The second-order valence-electron chi connectivity index (χ2n) is 5.06. The second-order valence-corrected chi connectivity index (χ2v) is 5.06. The lowest BCUT2D eigenvalue weighted by Crippen LogP contribution is -2.27. The number of nitrogens with two attached hydrogens (primary N) is 1. The van der Waals surface area contributed by atoms with Gasteiger partial charge in [-0.05, 0) is 17.7 Å². The van der Waals surface area contributed by atoms with E-state index in [-0.39, 0.29) is 17.7 Å². The van der Waals surface area contributed by atoms with Gasteiger partial charge in [-0.1, -0.05) is 30.3 Å². The Morgan fingerprint density at radius 3 is 2.55 bits per heavy atom. The minimum atomic E-state index is -0.236. The van der Waals surface area contributed by atoms with Crippen LogP contribution in [-0.2, 0) is 13.1 Å². The number of hydrogen-bond acceptors (Lipinski definition) is 2. The van der Waals surface area contributed by atoms with Crippen molar-refractivity contribution < 1.29 is 8.78 Å². The molecule has 20 heavy (non-hydrogen) atoms. The highest BCUT2D eigenvalue weighted by Gasteiger charge is 2.31. The molecule has 2 aromatic rings. The predicted octanol–water partition coefficient (Wildman–Crippen LogP) is 2.98. The first-order valence-corrected chi connectivity index (χ1v) is 6.65. The minimum Gasteiger partial charge on any atom is -0.329 e. The maximum absolute atomic E-state index is 13.9. The Labute approximate surface area is 116 Å². The van der Waals surface area contributed by atoms with Gasteiger partial charge in [0.05, 0.1) is 0 Å². The Morgan fingerprint density at radius 2 is 1.80 bits per heavy atom. The van der Waals surface area contributed by atoms with E-state index in [0.717, 1.165) is 5.56 Å². The zero-order chi connectivity index (χ0) is 14.1. The summed E-state index contributed by atoms with van der Waals surface area (Å²) in [6.07, 6.45) is 0. The molecule has 1 unspecified atom stereocenters. The Bertz CT molecular complexity index is 628. The van der Waals surface area contributed by atoms with Crippen LogP contribution in [0.1, 0.15) is 22.7 Å². The number of hydrogen-bond donors (Lipinski definition) is 1. The average molecular weight is 274 g/mol. The summed E-state index contributed by atoms with van der Waals surface area (Å²) in [7, 11) is 0. The first kappa shape index (κ1) is 13.2. The molecule has 0 aliphatic carbocycles. The Hall–Kier alpha value is -1.78. The van der Waals surface area contributed by atoms with Gasteiger partial charge in [0.1, 0.15) is 11.6 Å². The highest BCUT2D eigenvalue weighted by atomic mass is 19.1. The minimum absolute atomic E-state index is 0.0553. The lowest BCUT2D eigenvalue weighted by molar-refractivity contribution is 0.207. The van der Waals surface area contributed by atoms with Crippen molar-refractivity contribution in [2.75, 3.05) is 6.54 Å². The quantitative estimate of drug-likeness (QED) is 0.932. The zero-order valence-electron chi connectivity index (χ0n) is 11.0. The monoisotopic (exact) mass is 274 g/mol. The topological polar surface area (TPSA) is 29.3 Å². The van der Waals surface area contributed by atoms with E-state index in [0.29, 0.717) is 30.8 Å². The predicted molar refractivity (Wildman–Crippen MR) is 73.8 cm³/mol. The molecule has 2 N–H and O–H groups in total. The van der Waals surface area contributed by atoms with Crippen molar-refractivity contribution in [1.29, 1.82) is 0 Å². The van der Waals surface area contributed by atoms with Crippen molar-refractivity contribution in [2.24, 2.45) is 5.73 Å². The van der Waals surface area contributed by atoms with Crippen molar-refractivity contribution in [2.45, 2.75) is 19.1 Å². The van der Waals surface area contributed by atoms with Gasteiger partial charge in [0.15, 0.2) is 0 Å².